The number of carbonyl (C=O) groups is 2. The van der Waals surface area contributed by atoms with E-state index in [0.717, 1.165) is 0 Å². The monoisotopic (exact) mass is 302 g/mol. The number of nitrogens with zero attached hydrogens (tertiary/aromatic N) is 1. The van der Waals surface area contributed by atoms with Crippen molar-refractivity contribution in [1.82, 2.24) is 10.2 Å². The van der Waals surface area contributed by atoms with Crippen molar-refractivity contribution in [3.8, 4) is 0 Å². The Balaban J connectivity index is 2.31. The molecule has 1 saturated heterocycles. The lowest BCUT2D eigenvalue weighted by Gasteiger charge is -2.35. The predicted octanol–water partition coefficient (Wildman–Crippen LogP) is 0.813. The summed E-state index contributed by atoms with van der Waals surface area (Å²) < 4.78 is 5.21. The summed E-state index contributed by atoms with van der Waals surface area (Å²) in [4.78, 5) is 23.9. The Kier molecular flexibility index (Phi) is 6.91. The summed E-state index contributed by atoms with van der Waals surface area (Å²) in [6.07, 6.45) is 2.30. The molecule has 0 saturated carbocycles. The van der Waals surface area contributed by atoms with Crippen molar-refractivity contribution >= 4 is 12.0 Å². The predicted molar refractivity (Wildman–Crippen MR) is 77.1 cm³/mol. The lowest BCUT2D eigenvalue weighted by molar-refractivity contribution is -0.137. The van der Waals surface area contributed by atoms with Crippen LogP contribution in [0.3, 0.4) is 0 Å². The van der Waals surface area contributed by atoms with Crippen molar-refractivity contribution < 1.29 is 24.5 Å². The first-order chi connectivity index (χ1) is 9.82. The van der Waals surface area contributed by atoms with Crippen LogP contribution in [0.5, 0.6) is 0 Å². The second-order valence-corrected chi connectivity index (χ2v) is 5.83. The summed E-state index contributed by atoms with van der Waals surface area (Å²) >= 11 is 0. The van der Waals surface area contributed by atoms with Crippen molar-refractivity contribution in [2.75, 3.05) is 26.8 Å². The Morgan fingerprint density at radius 1 is 1.38 bits per heavy atom. The first kappa shape index (κ1) is 17.7. The van der Waals surface area contributed by atoms with Crippen molar-refractivity contribution in [3.63, 3.8) is 0 Å². The molecule has 7 nitrogen and oxygen atoms in total. The van der Waals surface area contributed by atoms with Gasteiger partial charge in [0.25, 0.3) is 0 Å². The van der Waals surface area contributed by atoms with Crippen molar-refractivity contribution in [1.29, 1.82) is 0 Å². The highest BCUT2D eigenvalue weighted by Crippen LogP contribution is 2.21. The van der Waals surface area contributed by atoms with E-state index >= 15 is 0 Å². The molecule has 0 aromatic heterocycles. The van der Waals surface area contributed by atoms with Crippen LogP contribution < -0.4 is 5.32 Å². The number of ether oxygens (including phenoxy) is 1. The van der Waals surface area contributed by atoms with Crippen LogP contribution >= 0.6 is 0 Å². The van der Waals surface area contributed by atoms with E-state index in [4.69, 9.17) is 9.84 Å². The number of nitrogens with one attached hydrogen (secondary N) is 1. The summed E-state index contributed by atoms with van der Waals surface area (Å²) in [7, 11) is 1.65. The van der Waals surface area contributed by atoms with E-state index in [1.54, 1.807) is 7.05 Å². The van der Waals surface area contributed by atoms with Gasteiger partial charge in [0.05, 0.1) is 12.1 Å². The largest absolute Gasteiger partial charge is 0.481 e. The number of likely N-dealkylation sites (N-methyl/N-ethyl adjacent to an activating group) is 1. The van der Waals surface area contributed by atoms with Gasteiger partial charge in [-0.2, -0.15) is 0 Å². The number of carboxylic acids is 1. The zero-order valence-corrected chi connectivity index (χ0v) is 12.8. The van der Waals surface area contributed by atoms with E-state index < -0.39 is 11.6 Å². The van der Waals surface area contributed by atoms with Crippen LogP contribution in [0.1, 0.15) is 39.0 Å². The molecule has 0 spiro atoms. The Bertz CT molecular complexity index is 355. The molecule has 1 fully saturated rings. The van der Waals surface area contributed by atoms with E-state index in [0.29, 0.717) is 38.9 Å². The smallest absolute Gasteiger partial charge is 0.317 e. The number of rotatable bonds is 7. The number of hydrogen-bond acceptors (Lipinski definition) is 4. The molecule has 1 aliphatic rings. The van der Waals surface area contributed by atoms with Gasteiger partial charge in [0.2, 0.25) is 0 Å². The molecule has 3 N–H and O–H groups in total. The first-order valence-electron chi connectivity index (χ1n) is 7.36. The Morgan fingerprint density at radius 3 is 2.57 bits per heavy atom. The van der Waals surface area contributed by atoms with Crippen LogP contribution in [-0.2, 0) is 9.53 Å². The van der Waals surface area contributed by atoms with Crippen molar-refractivity contribution in [2.24, 2.45) is 0 Å². The van der Waals surface area contributed by atoms with Gasteiger partial charge in [-0.15, -0.1) is 0 Å². The summed E-state index contributed by atoms with van der Waals surface area (Å²) in [5, 5.41) is 21.7. The molecule has 1 atom stereocenters. The highest BCUT2D eigenvalue weighted by molar-refractivity contribution is 5.74. The van der Waals surface area contributed by atoms with E-state index in [2.05, 4.69) is 5.32 Å². The Labute approximate surface area is 125 Å². The van der Waals surface area contributed by atoms with Gasteiger partial charge in [-0.3, -0.25) is 4.79 Å². The maximum Gasteiger partial charge on any atom is 0.317 e. The van der Waals surface area contributed by atoms with Crippen molar-refractivity contribution in [2.45, 2.75) is 50.7 Å². The number of aliphatic carboxylic acids is 1. The molecule has 21 heavy (non-hydrogen) atoms. The molecule has 2 amide bonds. The first-order valence-corrected chi connectivity index (χ1v) is 7.36. The van der Waals surface area contributed by atoms with Gasteiger partial charge in [-0.05, 0) is 19.8 Å². The molecule has 0 aliphatic carbocycles. The summed E-state index contributed by atoms with van der Waals surface area (Å²) in [6.45, 7) is 3.13. The van der Waals surface area contributed by atoms with Gasteiger partial charge < -0.3 is 25.2 Å². The van der Waals surface area contributed by atoms with Gasteiger partial charge in [0, 0.05) is 45.6 Å². The third-order valence-corrected chi connectivity index (χ3v) is 3.70. The second-order valence-electron chi connectivity index (χ2n) is 5.83. The minimum atomic E-state index is -0.878. The SMILES string of the molecule is CC(CCCC(=O)O)NC(=O)N(C)CC1(O)CCOCC1. The van der Waals surface area contributed by atoms with Crippen LogP contribution in [0.2, 0.25) is 0 Å². The fourth-order valence-corrected chi connectivity index (χ4v) is 2.38. The van der Waals surface area contributed by atoms with Crippen LogP contribution in [0.25, 0.3) is 0 Å². The van der Waals surface area contributed by atoms with Crippen molar-refractivity contribution in [3.05, 3.63) is 0 Å². The van der Waals surface area contributed by atoms with Crippen LogP contribution in [0, 0.1) is 0 Å². The standard InChI is InChI=1S/C14H26N2O5/c1-11(4-3-5-12(17)18)15-13(19)16(2)10-14(20)6-8-21-9-7-14/h11,20H,3-10H2,1-2H3,(H,15,19)(H,17,18). The third kappa shape index (κ3) is 6.77. The molecular formula is C14H26N2O5. The lowest BCUT2D eigenvalue weighted by atomic mass is 9.94. The Morgan fingerprint density at radius 2 is 2.00 bits per heavy atom. The molecule has 1 unspecified atom stereocenters. The number of carboxylic acid groups (broad SMARTS) is 1. The number of carbonyl (C=O) groups excluding carboxylic acids is 1. The number of amides is 2. The normalized spacial score (nSPS) is 18.8. The van der Waals surface area contributed by atoms with Gasteiger partial charge in [-0.25, -0.2) is 4.79 Å². The summed E-state index contributed by atoms with van der Waals surface area (Å²) in [5.41, 5.74) is -0.878. The van der Waals surface area contributed by atoms with Gasteiger partial charge in [-0.1, -0.05) is 0 Å². The molecule has 122 valence electrons. The average molecular weight is 302 g/mol. The molecule has 1 rings (SSSR count). The van der Waals surface area contributed by atoms with Gasteiger partial charge >= 0.3 is 12.0 Å². The minimum absolute atomic E-state index is 0.0939. The molecule has 0 radical (unpaired) electrons. The molecule has 1 aliphatic heterocycles. The second kappa shape index (κ2) is 8.19. The third-order valence-electron chi connectivity index (χ3n) is 3.70. The average Bonchev–Trinajstić information content (AvgIpc) is 2.38. The minimum Gasteiger partial charge on any atom is -0.481 e. The van der Waals surface area contributed by atoms with Crippen LogP contribution in [-0.4, -0.2) is 65.6 Å². The van der Waals surface area contributed by atoms with Gasteiger partial charge in [0.1, 0.15) is 0 Å². The van der Waals surface area contributed by atoms with E-state index in [-0.39, 0.29) is 25.0 Å². The number of urea groups is 1. The van der Waals surface area contributed by atoms with Gasteiger partial charge in [0.15, 0.2) is 0 Å². The van der Waals surface area contributed by atoms with E-state index in [1.807, 2.05) is 6.92 Å². The molecule has 7 heteroatoms. The fraction of sp³-hybridized carbons (Fsp3) is 0.857. The highest BCUT2D eigenvalue weighted by Gasteiger charge is 2.32. The van der Waals surface area contributed by atoms with Crippen LogP contribution in [0.15, 0.2) is 0 Å². The molecular weight excluding hydrogens is 276 g/mol. The topological polar surface area (TPSA) is 99.1 Å². The maximum absolute atomic E-state index is 12.0. The molecule has 0 aromatic rings. The lowest BCUT2D eigenvalue weighted by Crippen LogP contribution is -2.51. The summed E-state index contributed by atoms with van der Waals surface area (Å²) in [6, 6.07) is -0.346. The van der Waals surface area contributed by atoms with E-state index in [9.17, 15) is 14.7 Å². The zero-order chi connectivity index (χ0) is 15.9. The summed E-state index contributed by atoms with van der Waals surface area (Å²) in [5.74, 6) is -0.826. The molecule has 1 heterocycles. The quantitative estimate of drug-likeness (QED) is 0.646. The molecule has 0 bridgehead atoms. The Hall–Kier alpha value is -1.34. The highest BCUT2D eigenvalue weighted by atomic mass is 16.5. The zero-order valence-electron chi connectivity index (χ0n) is 12.8. The number of hydrogen-bond donors (Lipinski definition) is 3. The fourth-order valence-electron chi connectivity index (χ4n) is 2.38. The number of aliphatic hydroxyl groups is 1. The molecule has 0 aromatic carbocycles. The van der Waals surface area contributed by atoms with E-state index in [1.165, 1.54) is 4.90 Å². The van der Waals surface area contributed by atoms with Crippen LogP contribution in [0.4, 0.5) is 4.79 Å². The maximum atomic E-state index is 12.0.